The summed E-state index contributed by atoms with van der Waals surface area (Å²) < 4.78 is 5.79. The van der Waals surface area contributed by atoms with Crippen molar-refractivity contribution < 1.29 is 4.74 Å². The predicted octanol–water partition coefficient (Wildman–Crippen LogP) is 3.07. The Morgan fingerprint density at radius 3 is 2.00 bits per heavy atom. The molecule has 0 bridgehead atoms. The van der Waals surface area contributed by atoms with Crippen molar-refractivity contribution in [3.05, 3.63) is 0 Å². The summed E-state index contributed by atoms with van der Waals surface area (Å²) in [6.45, 7) is 4.82. The minimum absolute atomic E-state index is 0.447. The van der Waals surface area contributed by atoms with E-state index in [-0.39, 0.29) is 0 Å². The van der Waals surface area contributed by atoms with Crippen LogP contribution in [0.1, 0.15) is 46.0 Å². The highest BCUT2D eigenvalue weighted by Gasteiger charge is 2.41. The number of hydrogen-bond acceptors (Lipinski definition) is 2. The van der Waals surface area contributed by atoms with Crippen LogP contribution in [0.4, 0.5) is 0 Å². The van der Waals surface area contributed by atoms with E-state index in [4.69, 9.17) is 4.74 Å². The molecule has 4 unspecified atom stereocenters. The molecule has 2 fully saturated rings. The van der Waals surface area contributed by atoms with Crippen LogP contribution >= 0.6 is 0 Å². The second-order valence-corrected chi connectivity index (χ2v) is 6.53. The second-order valence-electron chi connectivity index (χ2n) is 6.53. The van der Waals surface area contributed by atoms with Gasteiger partial charge in [-0.3, -0.25) is 0 Å². The minimum Gasteiger partial charge on any atom is -0.380 e. The van der Waals surface area contributed by atoms with E-state index in [2.05, 4.69) is 26.2 Å². The van der Waals surface area contributed by atoms with E-state index >= 15 is 0 Å². The summed E-state index contributed by atoms with van der Waals surface area (Å²) >= 11 is 0. The lowest BCUT2D eigenvalue weighted by Crippen LogP contribution is -2.47. The summed E-state index contributed by atoms with van der Waals surface area (Å²) in [7, 11) is 4.01. The summed E-state index contributed by atoms with van der Waals surface area (Å²) in [6.07, 6.45) is 7.35. The third kappa shape index (κ3) is 3.23. The topological polar surface area (TPSA) is 21.3 Å². The van der Waals surface area contributed by atoms with Crippen LogP contribution in [0.5, 0.6) is 0 Å². The summed E-state index contributed by atoms with van der Waals surface area (Å²) in [4.78, 5) is 0. The minimum atomic E-state index is 0.447. The van der Waals surface area contributed by atoms with Crippen molar-refractivity contribution in [3.63, 3.8) is 0 Å². The lowest BCUT2D eigenvalue weighted by atomic mass is 9.72. The van der Waals surface area contributed by atoms with Gasteiger partial charge in [0.25, 0.3) is 0 Å². The molecule has 0 saturated heterocycles. The van der Waals surface area contributed by atoms with Crippen LogP contribution in [-0.4, -0.2) is 26.3 Å². The van der Waals surface area contributed by atoms with Crippen molar-refractivity contribution in [2.24, 2.45) is 23.7 Å². The fourth-order valence-corrected chi connectivity index (χ4v) is 4.03. The molecule has 0 aromatic rings. The van der Waals surface area contributed by atoms with E-state index in [9.17, 15) is 0 Å². The van der Waals surface area contributed by atoms with Gasteiger partial charge in [-0.2, -0.15) is 0 Å². The van der Waals surface area contributed by atoms with Gasteiger partial charge < -0.3 is 10.1 Å². The van der Waals surface area contributed by atoms with Gasteiger partial charge in [-0.25, -0.2) is 0 Å². The zero-order valence-electron chi connectivity index (χ0n) is 11.9. The van der Waals surface area contributed by atoms with Crippen molar-refractivity contribution >= 4 is 0 Å². The monoisotopic (exact) mass is 239 g/mol. The largest absolute Gasteiger partial charge is 0.380 e. The van der Waals surface area contributed by atoms with E-state index in [1.807, 2.05) is 7.11 Å². The Kier molecular flexibility index (Phi) is 4.48. The Balaban J connectivity index is 2.00. The normalized spacial score (nSPS) is 37.8. The molecule has 2 aliphatic carbocycles. The smallest absolute Gasteiger partial charge is 0.0754 e. The Hall–Kier alpha value is -0.0800. The highest BCUT2D eigenvalue weighted by molar-refractivity contribution is 4.95. The Labute approximate surface area is 107 Å². The zero-order valence-corrected chi connectivity index (χ0v) is 11.9. The van der Waals surface area contributed by atoms with Gasteiger partial charge in [0.1, 0.15) is 0 Å². The molecule has 0 aliphatic heterocycles. The standard InChI is InChI=1S/C15H29NO/c1-10-7-11(2)9-13(8-10)14(16-3)15(17-4)12-5-6-12/h10-16H,5-9H2,1-4H3. The molecule has 0 spiro atoms. The molecule has 0 heterocycles. The molecule has 2 nitrogen and oxygen atoms in total. The molecule has 0 aromatic carbocycles. The first kappa shape index (κ1) is 13.4. The third-order valence-corrected chi connectivity index (χ3v) is 4.77. The van der Waals surface area contributed by atoms with Crippen LogP contribution in [0, 0.1) is 23.7 Å². The SMILES string of the molecule is CNC(C1CC(C)CC(C)C1)C(OC)C1CC1. The van der Waals surface area contributed by atoms with Crippen LogP contribution in [0.15, 0.2) is 0 Å². The number of methoxy groups -OCH3 is 1. The molecular weight excluding hydrogens is 210 g/mol. The van der Waals surface area contributed by atoms with Crippen LogP contribution in [0.25, 0.3) is 0 Å². The first-order valence-electron chi connectivity index (χ1n) is 7.35. The summed E-state index contributed by atoms with van der Waals surface area (Å²) in [6, 6.07) is 0.567. The molecule has 2 saturated carbocycles. The zero-order chi connectivity index (χ0) is 12.4. The van der Waals surface area contributed by atoms with E-state index in [0.29, 0.717) is 12.1 Å². The number of likely N-dealkylation sites (N-methyl/N-ethyl adjacent to an activating group) is 1. The average Bonchev–Trinajstić information content (AvgIpc) is 3.08. The first-order chi connectivity index (χ1) is 8.15. The van der Waals surface area contributed by atoms with Gasteiger partial charge in [-0.15, -0.1) is 0 Å². The van der Waals surface area contributed by atoms with Crippen LogP contribution in [0.3, 0.4) is 0 Å². The van der Waals surface area contributed by atoms with Gasteiger partial charge in [-0.1, -0.05) is 13.8 Å². The first-order valence-corrected chi connectivity index (χ1v) is 7.35. The van der Waals surface area contributed by atoms with Crippen molar-refractivity contribution in [1.82, 2.24) is 5.32 Å². The van der Waals surface area contributed by atoms with E-state index in [0.717, 1.165) is 23.7 Å². The molecular formula is C15H29NO. The van der Waals surface area contributed by atoms with Gasteiger partial charge in [0.2, 0.25) is 0 Å². The van der Waals surface area contributed by atoms with Crippen molar-refractivity contribution in [1.29, 1.82) is 0 Å². The summed E-state index contributed by atoms with van der Waals surface area (Å²) in [5.41, 5.74) is 0. The fraction of sp³-hybridized carbons (Fsp3) is 1.00. The van der Waals surface area contributed by atoms with E-state index in [1.165, 1.54) is 32.1 Å². The van der Waals surface area contributed by atoms with E-state index in [1.54, 1.807) is 0 Å². The van der Waals surface area contributed by atoms with Gasteiger partial charge in [-0.05, 0) is 62.8 Å². The molecule has 2 heteroatoms. The molecule has 0 amide bonds. The maximum atomic E-state index is 5.79. The van der Waals surface area contributed by atoms with Crippen LogP contribution in [-0.2, 0) is 4.74 Å². The number of hydrogen-bond donors (Lipinski definition) is 1. The van der Waals surface area contributed by atoms with Crippen molar-refractivity contribution in [2.45, 2.75) is 58.1 Å². The highest BCUT2D eigenvalue weighted by Crippen LogP contribution is 2.41. The Morgan fingerprint density at radius 2 is 1.59 bits per heavy atom. The highest BCUT2D eigenvalue weighted by atomic mass is 16.5. The fourth-order valence-electron chi connectivity index (χ4n) is 4.03. The maximum absolute atomic E-state index is 5.79. The van der Waals surface area contributed by atoms with Crippen molar-refractivity contribution in [3.8, 4) is 0 Å². The number of nitrogens with one attached hydrogen (secondary N) is 1. The van der Waals surface area contributed by atoms with Crippen molar-refractivity contribution in [2.75, 3.05) is 14.2 Å². The quantitative estimate of drug-likeness (QED) is 0.796. The number of rotatable bonds is 5. The lowest BCUT2D eigenvalue weighted by Gasteiger charge is -2.39. The Morgan fingerprint density at radius 1 is 1.00 bits per heavy atom. The van der Waals surface area contributed by atoms with Gasteiger partial charge in [0.05, 0.1) is 6.10 Å². The van der Waals surface area contributed by atoms with E-state index < -0.39 is 0 Å². The van der Waals surface area contributed by atoms with Crippen LogP contribution < -0.4 is 5.32 Å². The Bertz CT molecular complexity index is 229. The summed E-state index contributed by atoms with van der Waals surface area (Å²) in [5, 5.41) is 3.56. The molecule has 0 aromatic heterocycles. The molecule has 100 valence electrons. The predicted molar refractivity (Wildman–Crippen MR) is 72.0 cm³/mol. The molecule has 4 atom stereocenters. The van der Waals surface area contributed by atoms with Gasteiger partial charge in [0.15, 0.2) is 0 Å². The lowest BCUT2D eigenvalue weighted by molar-refractivity contribution is 0.0172. The molecule has 17 heavy (non-hydrogen) atoms. The third-order valence-electron chi connectivity index (χ3n) is 4.77. The molecule has 1 N–H and O–H groups in total. The van der Waals surface area contributed by atoms with Gasteiger partial charge in [0, 0.05) is 13.2 Å². The molecule has 2 aliphatic rings. The maximum Gasteiger partial charge on any atom is 0.0754 e. The number of ether oxygens (including phenoxy) is 1. The second kappa shape index (κ2) is 5.71. The van der Waals surface area contributed by atoms with Gasteiger partial charge >= 0.3 is 0 Å². The summed E-state index contributed by atoms with van der Waals surface area (Å²) in [5.74, 6) is 3.40. The van der Waals surface area contributed by atoms with Crippen LogP contribution in [0.2, 0.25) is 0 Å². The molecule has 2 rings (SSSR count). The molecule has 0 radical (unpaired) electrons. The average molecular weight is 239 g/mol.